The van der Waals surface area contributed by atoms with Gasteiger partial charge in [0, 0.05) is 62.0 Å². The molecule has 2 aliphatic heterocycles. The Balaban J connectivity index is 1.03. The molecular weight excluding hydrogens is 708 g/mol. The Morgan fingerprint density at radius 3 is 2.56 bits per heavy atom. The predicted octanol–water partition coefficient (Wildman–Crippen LogP) is 4.10. The van der Waals surface area contributed by atoms with Crippen LogP contribution in [0.4, 0.5) is 10.5 Å². The number of carbonyl (C=O) groups excluding carboxylic acids is 3. The molecule has 0 radical (unpaired) electrons. The van der Waals surface area contributed by atoms with Gasteiger partial charge in [-0.05, 0) is 88.0 Å². The van der Waals surface area contributed by atoms with Crippen molar-refractivity contribution in [1.29, 1.82) is 0 Å². The topological polar surface area (TPSA) is 153 Å². The minimum Gasteiger partial charge on any atom is -0.388 e. The third kappa shape index (κ3) is 9.82. The van der Waals surface area contributed by atoms with Gasteiger partial charge in [-0.1, -0.05) is 41.9 Å². The normalized spacial score (nSPS) is 15.9. The summed E-state index contributed by atoms with van der Waals surface area (Å²) in [5.41, 5.74) is 2.43. The number of benzene rings is 2. The molecule has 3 N–H and O–H groups in total. The van der Waals surface area contributed by atoms with Gasteiger partial charge in [-0.3, -0.25) is 23.9 Å². The van der Waals surface area contributed by atoms with Crippen molar-refractivity contribution in [2.45, 2.75) is 63.6 Å². The Hall–Kier alpha value is -4.85. The Kier molecular flexibility index (Phi) is 12.6. The number of nitrogens with one attached hydrogen (secondary N) is 2. The molecule has 2 aliphatic rings. The molecule has 4 aromatic rings. The molecule has 1 atom stereocenters. The molecule has 6 rings (SSSR count). The molecule has 1 unspecified atom stereocenters. The third-order valence-electron chi connectivity index (χ3n) is 10.4. The first-order valence-electron chi connectivity index (χ1n) is 18.6. The van der Waals surface area contributed by atoms with E-state index in [-0.39, 0.29) is 35.9 Å². The molecule has 13 nitrogen and oxygen atoms in total. The Morgan fingerprint density at radius 2 is 1.80 bits per heavy atom. The molecule has 1 fully saturated rings. The zero-order valence-electron chi connectivity index (χ0n) is 31.0. The zero-order chi connectivity index (χ0) is 38.2. The molecular formula is C40H49ClN8O5. The van der Waals surface area contributed by atoms with Crippen molar-refractivity contribution in [3.05, 3.63) is 99.3 Å². The molecule has 0 aliphatic carbocycles. The Morgan fingerprint density at radius 1 is 1.02 bits per heavy atom. The van der Waals surface area contributed by atoms with Crippen LogP contribution >= 0.6 is 11.6 Å². The number of likely N-dealkylation sites (tertiary alicyclic amines) is 1. The highest BCUT2D eigenvalue weighted by Gasteiger charge is 2.36. The number of aromatic nitrogens is 3. The third-order valence-corrected chi connectivity index (χ3v) is 10.7. The lowest BCUT2D eigenvalue weighted by Gasteiger charge is -2.39. The van der Waals surface area contributed by atoms with E-state index in [1.165, 1.54) is 10.9 Å². The summed E-state index contributed by atoms with van der Waals surface area (Å²) in [7, 11) is 3.81. The van der Waals surface area contributed by atoms with Gasteiger partial charge in [0.1, 0.15) is 0 Å². The van der Waals surface area contributed by atoms with Crippen LogP contribution in [0.5, 0.6) is 0 Å². The lowest BCUT2D eigenvalue weighted by atomic mass is 9.88. The van der Waals surface area contributed by atoms with Crippen molar-refractivity contribution in [2.24, 2.45) is 5.92 Å². The van der Waals surface area contributed by atoms with Crippen LogP contribution in [-0.2, 0) is 35.5 Å². The van der Waals surface area contributed by atoms with E-state index in [0.717, 1.165) is 16.8 Å². The number of halogens is 1. The van der Waals surface area contributed by atoms with Gasteiger partial charge in [0.15, 0.2) is 0 Å². The smallest absolute Gasteiger partial charge is 0.317 e. The summed E-state index contributed by atoms with van der Waals surface area (Å²) in [5, 5.41) is 18.5. The highest BCUT2D eigenvalue weighted by molar-refractivity contribution is 6.31. The number of carbonyl (C=O) groups is 3. The van der Waals surface area contributed by atoms with Crippen molar-refractivity contribution in [3.8, 4) is 0 Å². The first-order chi connectivity index (χ1) is 26.0. The lowest BCUT2D eigenvalue weighted by Crippen LogP contribution is -2.51. The maximum absolute atomic E-state index is 14.0. The second-order valence-corrected chi connectivity index (χ2v) is 15.1. The first-order valence-corrected chi connectivity index (χ1v) is 19.0. The number of hydrogen-bond donors (Lipinski definition) is 3. The monoisotopic (exact) mass is 756 g/mol. The van der Waals surface area contributed by atoms with Gasteiger partial charge in [-0.2, -0.15) is 0 Å². The molecule has 2 aromatic heterocycles. The van der Waals surface area contributed by atoms with Crippen molar-refractivity contribution < 1.29 is 19.5 Å². The van der Waals surface area contributed by atoms with Crippen LogP contribution < -0.4 is 16.2 Å². The van der Waals surface area contributed by atoms with Crippen molar-refractivity contribution in [2.75, 3.05) is 52.1 Å². The average Bonchev–Trinajstić information content (AvgIpc) is 3.16. The quantitative estimate of drug-likeness (QED) is 0.173. The van der Waals surface area contributed by atoms with Crippen LogP contribution in [0.2, 0.25) is 5.02 Å². The van der Waals surface area contributed by atoms with E-state index >= 15 is 0 Å². The summed E-state index contributed by atoms with van der Waals surface area (Å²) in [6.45, 7) is 2.80. The van der Waals surface area contributed by atoms with Crippen LogP contribution in [0.1, 0.15) is 48.9 Å². The molecule has 14 heteroatoms. The maximum Gasteiger partial charge on any atom is 0.317 e. The highest BCUT2D eigenvalue weighted by atomic mass is 35.5. The largest absolute Gasteiger partial charge is 0.388 e. The number of hydrogen-bond acceptors (Lipinski definition) is 8. The fourth-order valence-corrected chi connectivity index (χ4v) is 7.49. The van der Waals surface area contributed by atoms with Crippen LogP contribution in [0.15, 0.2) is 71.9 Å². The molecule has 54 heavy (non-hydrogen) atoms. The first kappa shape index (κ1) is 38.9. The van der Waals surface area contributed by atoms with Crippen LogP contribution in [-0.4, -0.2) is 105 Å². The van der Waals surface area contributed by atoms with E-state index in [4.69, 9.17) is 11.6 Å². The van der Waals surface area contributed by atoms with Gasteiger partial charge in [-0.25, -0.2) is 9.78 Å². The van der Waals surface area contributed by atoms with Gasteiger partial charge in [0.05, 0.1) is 41.6 Å². The van der Waals surface area contributed by atoms with E-state index in [2.05, 4.69) is 20.6 Å². The number of fused-ring (bicyclic) bond motifs is 2. The minimum absolute atomic E-state index is 0.0250. The average molecular weight is 757 g/mol. The Labute approximate surface area is 320 Å². The van der Waals surface area contributed by atoms with E-state index in [1.54, 1.807) is 35.4 Å². The fourth-order valence-electron chi connectivity index (χ4n) is 7.23. The van der Waals surface area contributed by atoms with Gasteiger partial charge < -0.3 is 30.4 Å². The summed E-state index contributed by atoms with van der Waals surface area (Å²) < 4.78 is 1.43. The molecule has 0 spiro atoms. The van der Waals surface area contributed by atoms with E-state index in [1.807, 2.05) is 54.2 Å². The number of urea groups is 1. The number of pyridine rings is 1. The van der Waals surface area contributed by atoms with Crippen molar-refractivity contribution in [1.82, 2.24) is 34.6 Å². The maximum atomic E-state index is 14.0. The minimum atomic E-state index is -1.19. The fraction of sp³-hybridized carbons (Fsp3) is 0.450. The second-order valence-electron chi connectivity index (χ2n) is 14.7. The number of aliphatic hydroxyl groups is 1. The summed E-state index contributed by atoms with van der Waals surface area (Å²) in [5.74, 6) is -0.390. The molecule has 2 aromatic carbocycles. The predicted molar refractivity (Wildman–Crippen MR) is 208 cm³/mol. The molecule has 0 saturated carbocycles. The summed E-state index contributed by atoms with van der Waals surface area (Å²) in [6, 6.07) is 16.5. The molecule has 1 saturated heterocycles. The van der Waals surface area contributed by atoms with Crippen LogP contribution in [0, 0.1) is 5.92 Å². The number of rotatable bonds is 13. The second kappa shape index (κ2) is 17.5. The van der Waals surface area contributed by atoms with Gasteiger partial charge >= 0.3 is 6.03 Å². The van der Waals surface area contributed by atoms with Crippen LogP contribution in [0.25, 0.3) is 10.9 Å². The summed E-state index contributed by atoms with van der Waals surface area (Å²) in [4.78, 5) is 67.0. The molecule has 4 amide bonds. The van der Waals surface area contributed by atoms with E-state index in [0.29, 0.717) is 106 Å². The molecule has 4 heterocycles. The van der Waals surface area contributed by atoms with E-state index in [9.17, 15) is 24.3 Å². The van der Waals surface area contributed by atoms with Gasteiger partial charge in [0.2, 0.25) is 11.8 Å². The van der Waals surface area contributed by atoms with Gasteiger partial charge in [-0.15, -0.1) is 0 Å². The summed E-state index contributed by atoms with van der Waals surface area (Å²) in [6.07, 6.45) is 6.52. The molecule has 0 bridgehead atoms. The SMILES string of the molecule is CN(C)CCC(=O)Nc1ccc2c(=O)n(CC3(O)CCN(C(=O)C(CCCNC(=O)N4CCc5c(Cl)ccnc5C4)Cc4ccccc4)CC3)cnc2c1. The number of amides is 4. The Bertz CT molecular complexity index is 2010. The van der Waals surface area contributed by atoms with Crippen LogP contribution in [0.3, 0.4) is 0 Å². The number of anilines is 1. The highest BCUT2D eigenvalue weighted by Crippen LogP contribution is 2.28. The summed E-state index contributed by atoms with van der Waals surface area (Å²) >= 11 is 6.31. The van der Waals surface area contributed by atoms with Crippen molar-refractivity contribution in [3.63, 3.8) is 0 Å². The standard InChI is InChI=1S/C40H49ClN8O5/c1-46(2)19-14-36(50)45-30-10-11-32-34(24-30)44-27-49(38(32)52)26-40(54)15-21-47(22-16-40)37(51)29(23-28-7-4-3-5-8-28)9-6-17-43-39(53)48-20-13-31-33(41)12-18-42-35(31)25-48/h3-5,7-8,10-12,18,24,27,29,54H,6,9,13-17,19-23,25-26H2,1-2H3,(H,43,53)(H,45,50). The lowest BCUT2D eigenvalue weighted by molar-refractivity contribution is -0.140. The molecule has 286 valence electrons. The van der Waals surface area contributed by atoms with Crippen molar-refractivity contribution >= 4 is 46.0 Å². The van der Waals surface area contributed by atoms with Gasteiger partial charge in [0.25, 0.3) is 5.56 Å². The number of piperidine rings is 1. The number of nitrogens with zero attached hydrogens (tertiary/aromatic N) is 6. The van der Waals surface area contributed by atoms with E-state index < -0.39 is 5.60 Å². The zero-order valence-corrected chi connectivity index (χ0v) is 31.7.